The van der Waals surface area contributed by atoms with Crippen molar-refractivity contribution in [3.8, 4) is 0 Å². The quantitative estimate of drug-likeness (QED) is 0.759. The van der Waals surface area contributed by atoms with E-state index in [1.807, 2.05) is 14.1 Å². The number of nitrogens with one attached hydrogen (secondary N) is 1. The Labute approximate surface area is 101 Å². The summed E-state index contributed by atoms with van der Waals surface area (Å²) in [6.45, 7) is 2.94. The third kappa shape index (κ3) is 4.36. The molecule has 0 bridgehead atoms. The van der Waals surface area contributed by atoms with Crippen LogP contribution >= 0.6 is 0 Å². The summed E-state index contributed by atoms with van der Waals surface area (Å²) in [5.74, 6) is 0.164. The Kier molecular flexibility index (Phi) is 4.84. The van der Waals surface area contributed by atoms with Gasteiger partial charge >= 0.3 is 5.97 Å². The molecule has 0 aliphatic rings. The van der Waals surface area contributed by atoms with E-state index in [0.29, 0.717) is 5.82 Å². The minimum absolute atomic E-state index is 0.207. The van der Waals surface area contributed by atoms with Gasteiger partial charge in [-0.15, -0.1) is 10.2 Å². The highest BCUT2D eigenvalue weighted by atomic mass is 16.5. The van der Waals surface area contributed by atoms with E-state index >= 15 is 0 Å². The first kappa shape index (κ1) is 13.4. The van der Waals surface area contributed by atoms with Gasteiger partial charge in [-0.05, 0) is 33.2 Å². The van der Waals surface area contributed by atoms with E-state index in [1.165, 1.54) is 7.11 Å². The number of likely N-dealkylation sites (N-methyl/N-ethyl adjacent to an activating group) is 1. The number of rotatable bonds is 5. The summed E-state index contributed by atoms with van der Waals surface area (Å²) in [6, 6.07) is 3.55. The van der Waals surface area contributed by atoms with E-state index in [4.69, 9.17) is 0 Å². The maximum Gasteiger partial charge on any atom is 0.358 e. The average molecular weight is 238 g/mol. The Balaban J connectivity index is 2.59. The van der Waals surface area contributed by atoms with Gasteiger partial charge < -0.3 is 15.0 Å². The molecule has 6 nitrogen and oxygen atoms in total. The van der Waals surface area contributed by atoms with Gasteiger partial charge in [0.2, 0.25) is 0 Å². The van der Waals surface area contributed by atoms with Gasteiger partial charge in [0.1, 0.15) is 5.82 Å². The fourth-order valence-electron chi connectivity index (χ4n) is 1.47. The van der Waals surface area contributed by atoms with Crippen molar-refractivity contribution < 1.29 is 9.53 Å². The topological polar surface area (TPSA) is 67.3 Å². The minimum Gasteiger partial charge on any atom is -0.464 e. The molecule has 0 aliphatic heterocycles. The van der Waals surface area contributed by atoms with E-state index in [1.54, 1.807) is 12.1 Å². The van der Waals surface area contributed by atoms with Gasteiger partial charge in [-0.2, -0.15) is 0 Å². The molecule has 0 aliphatic carbocycles. The lowest BCUT2D eigenvalue weighted by atomic mass is 10.3. The summed E-state index contributed by atoms with van der Waals surface area (Å²) in [7, 11) is 5.32. The Morgan fingerprint density at radius 2 is 2.18 bits per heavy atom. The molecule has 1 atom stereocenters. The Morgan fingerprint density at radius 3 is 2.65 bits per heavy atom. The third-order valence-electron chi connectivity index (χ3n) is 2.09. The first-order valence-corrected chi connectivity index (χ1v) is 5.36. The molecule has 1 unspecified atom stereocenters. The van der Waals surface area contributed by atoms with E-state index < -0.39 is 5.97 Å². The zero-order valence-corrected chi connectivity index (χ0v) is 10.6. The second kappa shape index (κ2) is 6.15. The molecule has 0 saturated heterocycles. The zero-order chi connectivity index (χ0) is 12.8. The molecule has 1 aromatic rings. The molecule has 0 saturated carbocycles. The van der Waals surface area contributed by atoms with Crippen LogP contribution in [0.5, 0.6) is 0 Å². The zero-order valence-electron chi connectivity index (χ0n) is 10.6. The second-order valence-corrected chi connectivity index (χ2v) is 4.10. The Bertz CT molecular complexity index is 364. The van der Waals surface area contributed by atoms with Crippen LogP contribution in [0.1, 0.15) is 17.4 Å². The number of ether oxygens (including phenoxy) is 1. The normalized spacial score (nSPS) is 12.3. The van der Waals surface area contributed by atoms with Crippen LogP contribution in [-0.4, -0.2) is 54.9 Å². The molecule has 0 radical (unpaired) electrons. The van der Waals surface area contributed by atoms with Crippen molar-refractivity contribution in [3.63, 3.8) is 0 Å². The maximum atomic E-state index is 11.1. The van der Waals surface area contributed by atoms with E-state index in [2.05, 4.69) is 32.1 Å². The Hall–Kier alpha value is -1.69. The first-order valence-electron chi connectivity index (χ1n) is 5.36. The number of nitrogens with zero attached hydrogens (tertiary/aromatic N) is 3. The Morgan fingerprint density at radius 1 is 1.47 bits per heavy atom. The third-order valence-corrected chi connectivity index (χ3v) is 2.09. The van der Waals surface area contributed by atoms with Gasteiger partial charge in [0.25, 0.3) is 0 Å². The number of carbonyl (C=O) groups is 1. The monoisotopic (exact) mass is 238 g/mol. The minimum atomic E-state index is -0.481. The molecule has 0 amide bonds. The summed E-state index contributed by atoms with van der Waals surface area (Å²) in [5, 5.41) is 10.9. The van der Waals surface area contributed by atoms with Crippen LogP contribution in [0.3, 0.4) is 0 Å². The van der Waals surface area contributed by atoms with Crippen LogP contribution in [-0.2, 0) is 4.74 Å². The van der Waals surface area contributed by atoms with Crippen LogP contribution < -0.4 is 5.32 Å². The van der Waals surface area contributed by atoms with Crippen LogP contribution in [0.4, 0.5) is 5.82 Å². The van der Waals surface area contributed by atoms with Gasteiger partial charge in [0.15, 0.2) is 5.69 Å². The van der Waals surface area contributed by atoms with Crippen molar-refractivity contribution in [2.75, 3.05) is 33.1 Å². The van der Waals surface area contributed by atoms with Crippen molar-refractivity contribution in [3.05, 3.63) is 17.8 Å². The highest BCUT2D eigenvalue weighted by Gasteiger charge is 2.09. The van der Waals surface area contributed by atoms with Gasteiger partial charge in [-0.3, -0.25) is 0 Å². The average Bonchev–Trinajstić information content (AvgIpc) is 2.28. The van der Waals surface area contributed by atoms with Crippen molar-refractivity contribution in [1.29, 1.82) is 0 Å². The number of methoxy groups -OCH3 is 1. The predicted molar refractivity (Wildman–Crippen MR) is 65.0 cm³/mol. The first-order chi connectivity index (χ1) is 8.02. The van der Waals surface area contributed by atoms with Crippen LogP contribution in [0.2, 0.25) is 0 Å². The van der Waals surface area contributed by atoms with Crippen molar-refractivity contribution in [2.45, 2.75) is 13.0 Å². The van der Waals surface area contributed by atoms with E-state index in [9.17, 15) is 4.79 Å². The lowest BCUT2D eigenvalue weighted by molar-refractivity contribution is 0.0593. The highest BCUT2D eigenvalue weighted by Crippen LogP contribution is 2.05. The van der Waals surface area contributed by atoms with Crippen LogP contribution in [0.15, 0.2) is 12.1 Å². The molecule has 1 rings (SSSR count). The number of hydrogen-bond acceptors (Lipinski definition) is 6. The molecule has 1 heterocycles. The smallest absolute Gasteiger partial charge is 0.358 e. The number of aromatic nitrogens is 2. The van der Waals surface area contributed by atoms with Crippen molar-refractivity contribution >= 4 is 11.8 Å². The standard InChI is InChI=1S/C11H18N4O2/c1-8(7-15(2)3)12-10-6-5-9(13-14-10)11(16)17-4/h5-6,8H,7H2,1-4H3,(H,12,14). The largest absolute Gasteiger partial charge is 0.464 e. The molecule has 6 heteroatoms. The number of carbonyl (C=O) groups excluding carboxylic acids is 1. The van der Waals surface area contributed by atoms with E-state index in [-0.39, 0.29) is 11.7 Å². The fourth-order valence-corrected chi connectivity index (χ4v) is 1.47. The van der Waals surface area contributed by atoms with Crippen LogP contribution in [0.25, 0.3) is 0 Å². The summed E-state index contributed by atoms with van der Waals surface area (Å²) < 4.78 is 4.54. The maximum absolute atomic E-state index is 11.1. The number of anilines is 1. The molecule has 1 aromatic heterocycles. The molecular formula is C11H18N4O2. The highest BCUT2D eigenvalue weighted by molar-refractivity contribution is 5.86. The fraction of sp³-hybridized carbons (Fsp3) is 0.545. The lowest BCUT2D eigenvalue weighted by Gasteiger charge is -2.18. The molecular weight excluding hydrogens is 220 g/mol. The van der Waals surface area contributed by atoms with Crippen molar-refractivity contribution in [1.82, 2.24) is 15.1 Å². The summed E-state index contributed by atoms with van der Waals surface area (Å²) in [4.78, 5) is 13.2. The van der Waals surface area contributed by atoms with Crippen LogP contribution in [0, 0.1) is 0 Å². The predicted octanol–water partition coefficient (Wildman–Crippen LogP) is 0.625. The van der Waals surface area contributed by atoms with Gasteiger partial charge in [-0.1, -0.05) is 0 Å². The molecule has 0 fully saturated rings. The molecule has 0 spiro atoms. The van der Waals surface area contributed by atoms with Gasteiger partial charge in [0, 0.05) is 12.6 Å². The molecule has 17 heavy (non-hydrogen) atoms. The number of esters is 1. The van der Waals surface area contributed by atoms with Gasteiger partial charge in [0.05, 0.1) is 7.11 Å². The van der Waals surface area contributed by atoms with E-state index in [0.717, 1.165) is 6.54 Å². The lowest BCUT2D eigenvalue weighted by Crippen LogP contribution is -2.30. The molecule has 94 valence electrons. The van der Waals surface area contributed by atoms with Crippen molar-refractivity contribution in [2.24, 2.45) is 0 Å². The SMILES string of the molecule is COC(=O)c1ccc(NC(C)CN(C)C)nn1. The summed E-state index contributed by atoms with van der Waals surface area (Å²) in [6.07, 6.45) is 0. The molecule has 1 N–H and O–H groups in total. The number of hydrogen-bond donors (Lipinski definition) is 1. The summed E-state index contributed by atoms with van der Waals surface area (Å²) >= 11 is 0. The second-order valence-electron chi connectivity index (χ2n) is 4.10. The molecule has 0 aromatic carbocycles. The summed E-state index contributed by atoms with van der Waals surface area (Å²) in [5.41, 5.74) is 0.207. The van der Waals surface area contributed by atoms with Gasteiger partial charge in [-0.25, -0.2) is 4.79 Å².